The number of ketones is 2. The highest BCUT2D eigenvalue weighted by Crippen LogP contribution is 2.33. The van der Waals surface area contributed by atoms with E-state index < -0.39 is 30.1 Å². The molecule has 10 atom stereocenters. The highest BCUT2D eigenvalue weighted by Gasteiger charge is 2.43. The molecular weight excluding hydrogens is 632 g/mol. The van der Waals surface area contributed by atoms with Crippen LogP contribution in [0.2, 0.25) is 0 Å². The molecule has 0 unspecified atom stereocenters. The zero-order chi connectivity index (χ0) is 37.9. The molecule has 0 radical (unpaired) electrons. The zero-order valence-electron chi connectivity index (χ0n) is 33.1. The van der Waals surface area contributed by atoms with E-state index >= 15 is 0 Å². The maximum atomic E-state index is 14.1. The molecule has 1 N–H and O–H groups in total. The predicted molar refractivity (Wildman–Crippen MR) is 198 cm³/mol. The van der Waals surface area contributed by atoms with Gasteiger partial charge in [0.05, 0.1) is 36.8 Å². The van der Waals surface area contributed by atoms with Crippen molar-refractivity contribution in [1.82, 2.24) is 9.80 Å². The molecule has 2 amide bonds. The van der Waals surface area contributed by atoms with E-state index in [1.54, 1.807) is 26.2 Å². The van der Waals surface area contributed by atoms with Crippen molar-refractivity contribution in [1.29, 1.82) is 0 Å². The van der Waals surface area contributed by atoms with Crippen molar-refractivity contribution in [3.8, 4) is 0 Å². The molecule has 1 fully saturated rings. The SMILES string of the molecule is CC[C@H](C)[C@@H]([C@@H](CC(=O)N1CCC[C@H]1[C@H](OC)[C@@H](C)C(=O)C[C@H](C)[C@@H](O)c1ccccc1)OC)N(C)C(=O)[C@@H](CC(=O)[C@@H](C)C(C)C)C(C)C. The van der Waals surface area contributed by atoms with Gasteiger partial charge in [0.2, 0.25) is 11.8 Å². The van der Waals surface area contributed by atoms with E-state index in [1.165, 1.54) is 0 Å². The van der Waals surface area contributed by atoms with E-state index in [9.17, 15) is 24.3 Å². The maximum absolute atomic E-state index is 14.1. The summed E-state index contributed by atoms with van der Waals surface area (Å²) < 4.78 is 12.0. The van der Waals surface area contributed by atoms with Crippen LogP contribution in [-0.2, 0) is 28.7 Å². The molecule has 1 saturated heterocycles. The number of benzene rings is 1. The summed E-state index contributed by atoms with van der Waals surface area (Å²) >= 11 is 0. The van der Waals surface area contributed by atoms with Gasteiger partial charge >= 0.3 is 0 Å². The van der Waals surface area contributed by atoms with Gasteiger partial charge in [-0.15, -0.1) is 0 Å². The third kappa shape index (κ3) is 11.2. The van der Waals surface area contributed by atoms with Crippen LogP contribution in [-0.4, -0.2) is 90.4 Å². The second-order valence-electron chi connectivity index (χ2n) is 15.6. The standard InChI is InChI=1S/C41H68N2O7/c1-13-27(6)38(42(10)41(48)32(26(4)5)23-35(45)29(8)25(2)3)36(49-11)24-37(46)43-21-17-20-33(43)40(50-12)30(9)34(44)22-28(7)39(47)31-18-15-14-16-19-31/h14-16,18-19,25-30,32-33,36,38-40,47H,13,17,20-24H2,1-12H3/t27-,28-,29-,30-,32-,33-,36+,38-,39+,40+/m0/s1. The molecule has 1 aromatic carbocycles. The summed E-state index contributed by atoms with van der Waals surface area (Å²) in [6.07, 6.45) is 0.938. The van der Waals surface area contributed by atoms with Crippen LogP contribution in [0.5, 0.6) is 0 Å². The quantitative estimate of drug-likeness (QED) is 0.151. The number of carbonyl (C=O) groups is 4. The summed E-state index contributed by atoms with van der Waals surface area (Å²) in [7, 11) is 4.96. The minimum absolute atomic E-state index is 0.00801. The summed E-state index contributed by atoms with van der Waals surface area (Å²) in [4.78, 5) is 58.5. The van der Waals surface area contributed by atoms with Gasteiger partial charge < -0.3 is 24.4 Å². The fourth-order valence-corrected chi connectivity index (χ4v) is 7.58. The first-order chi connectivity index (χ1) is 23.5. The molecule has 9 nitrogen and oxygen atoms in total. The van der Waals surface area contributed by atoms with Crippen molar-refractivity contribution < 1.29 is 33.8 Å². The Morgan fingerprint density at radius 1 is 0.840 bits per heavy atom. The summed E-state index contributed by atoms with van der Waals surface area (Å²) in [5.41, 5.74) is 0.779. The average molecular weight is 701 g/mol. The molecule has 0 spiro atoms. The van der Waals surface area contributed by atoms with E-state index in [1.807, 2.05) is 83.7 Å². The summed E-state index contributed by atoms with van der Waals surface area (Å²) in [5, 5.41) is 10.9. The Bertz CT molecular complexity index is 1220. The number of ether oxygens (including phenoxy) is 2. The van der Waals surface area contributed by atoms with Crippen molar-refractivity contribution in [3.05, 3.63) is 35.9 Å². The molecule has 1 heterocycles. The van der Waals surface area contributed by atoms with Crippen molar-refractivity contribution in [2.24, 2.45) is 41.4 Å². The third-order valence-electron chi connectivity index (χ3n) is 11.6. The van der Waals surface area contributed by atoms with Gasteiger partial charge in [-0.3, -0.25) is 19.2 Å². The number of aliphatic hydroxyl groups excluding tert-OH is 1. The lowest BCUT2D eigenvalue weighted by molar-refractivity contribution is -0.149. The molecule has 0 bridgehead atoms. The molecule has 0 saturated carbocycles. The van der Waals surface area contributed by atoms with Crippen LogP contribution in [0.4, 0.5) is 0 Å². The number of amides is 2. The number of rotatable bonds is 21. The number of aliphatic hydroxyl groups is 1. The van der Waals surface area contributed by atoms with Gasteiger partial charge in [-0.25, -0.2) is 0 Å². The van der Waals surface area contributed by atoms with Gasteiger partial charge in [0.25, 0.3) is 0 Å². The minimum atomic E-state index is -0.757. The van der Waals surface area contributed by atoms with Gasteiger partial charge in [-0.1, -0.05) is 99.1 Å². The zero-order valence-corrected chi connectivity index (χ0v) is 33.1. The first kappa shape index (κ1) is 43.5. The Morgan fingerprint density at radius 3 is 1.96 bits per heavy atom. The monoisotopic (exact) mass is 701 g/mol. The lowest BCUT2D eigenvalue weighted by Gasteiger charge is -2.41. The molecule has 0 aliphatic carbocycles. The lowest BCUT2D eigenvalue weighted by atomic mass is 9.82. The Labute approximate surface area is 302 Å². The van der Waals surface area contributed by atoms with Crippen LogP contribution in [0.3, 0.4) is 0 Å². The van der Waals surface area contributed by atoms with Crippen LogP contribution in [0.1, 0.15) is 113 Å². The number of methoxy groups -OCH3 is 2. The van der Waals surface area contributed by atoms with Crippen LogP contribution in [0.15, 0.2) is 30.3 Å². The van der Waals surface area contributed by atoms with Gasteiger partial charge in [-0.05, 0) is 42.1 Å². The fraction of sp³-hybridized carbons (Fsp3) is 0.756. The van der Waals surface area contributed by atoms with Crippen molar-refractivity contribution in [3.63, 3.8) is 0 Å². The summed E-state index contributed by atoms with van der Waals surface area (Å²) in [5.74, 6) is -1.25. The molecule has 9 heteroatoms. The van der Waals surface area contributed by atoms with E-state index in [4.69, 9.17) is 9.47 Å². The number of nitrogens with zero attached hydrogens (tertiary/aromatic N) is 2. The first-order valence-corrected chi connectivity index (χ1v) is 18.9. The number of carbonyl (C=O) groups excluding carboxylic acids is 4. The molecule has 284 valence electrons. The molecule has 1 aliphatic rings. The topological polar surface area (TPSA) is 113 Å². The van der Waals surface area contributed by atoms with Crippen LogP contribution >= 0.6 is 0 Å². The highest BCUT2D eigenvalue weighted by molar-refractivity contribution is 5.88. The Balaban J connectivity index is 2.23. The van der Waals surface area contributed by atoms with Crippen molar-refractivity contribution >= 4 is 23.4 Å². The Kier molecular flexibility index (Phi) is 17.8. The number of hydrogen-bond acceptors (Lipinski definition) is 7. The smallest absolute Gasteiger partial charge is 0.226 e. The van der Waals surface area contributed by atoms with Gasteiger partial charge in [0.15, 0.2) is 0 Å². The second kappa shape index (κ2) is 20.4. The second-order valence-corrected chi connectivity index (χ2v) is 15.6. The minimum Gasteiger partial charge on any atom is -0.388 e. The van der Waals surface area contributed by atoms with Crippen LogP contribution in [0.25, 0.3) is 0 Å². The molecule has 0 aromatic heterocycles. The summed E-state index contributed by atoms with van der Waals surface area (Å²) in [6.45, 7) is 18.4. The first-order valence-electron chi connectivity index (χ1n) is 18.9. The number of Topliss-reactive ketones (excluding diaryl/α,β-unsaturated/α-hetero) is 2. The molecule has 1 aromatic rings. The molecular formula is C41H68N2O7. The number of likely N-dealkylation sites (tertiary alicyclic amines) is 1. The normalized spacial score (nSPS) is 20.5. The lowest BCUT2D eigenvalue weighted by Crippen LogP contribution is -2.54. The molecule has 1 aliphatic heterocycles. The Morgan fingerprint density at radius 2 is 1.44 bits per heavy atom. The van der Waals surface area contributed by atoms with Crippen LogP contribution in [0, 0.1) is 41.4 Å². The predicted octanol–water partition coefficient (Wildman–Crippen LogP) is 6.76. The Hall–Kier alpha value is -2.62. The van der Waals surface area contributed by atoms with Gasteiger partial charge in [0, 0.05) is 58.4 Å². The van der Waals surface area contributed by atoms with Gasteiger partial charge in [0.1, 0.15) is 11.6 Å². The van der Waals surface area contributed by atoms with Crippen LogP contribution < -0.4 is 0 Å². The van der Waals surface area contributed by atoms with Gasteiger partial charge in [-0.2, -0.15) is 0 Å². The maximum Gasteiger partial charge on any atom is 0.226 e. The third-order valence-corrected chi connectivity index (χ3v) is 11.6. The molecule has 2 rings (SSSR count). The van der Waals surface area contributed by atoms with Crippen molar-refractivity contribution in [2.45, 2.75) is 131 Å². The number of hydrogen-bond donors (Lipinski definition) is 1. The molecule has 50 heavy (non-hydrogen) atoms. The van der Waals surface area contributed by atoms with E-state index in [-0.39, 0.29) is 84.3 Å². The highest BCUT2D eigenvalue weighted by atomic mass is 16.5. The van der Waals surface area contributed by atoms with E-state index in [0.29, 0.717) is 13.0 Å². The largest absolute Gasteiger partial charge is 0.388 e. The summed E-state index contributed by atoms with van der Waals surface area (Å²) in [6, 6.07) is 8.70. The number of likely N-dealkylation sites (N-methyl/N-ethyl adjacent to an activating group) is 1. The van der Waals surface area contributed by atoms with E-state index in [2.05, 4.69) is 13.8 Å². The van der Waals surface area contributed by atoms with Crippen molar-refractivity contribution in [2.75, 3.05) is 27.8 Å². The van der Waals surface area contributed by atoms with E-state index in [0.717, 1.165) is 18.4 Å². The fourth-order valence-electron chi connectivity index (χ4n) is 7.58. The average Bonchev–Trinajstić information content (AvgIpc) is 3.58.